The van der Waals surface area contributed by atoms with Gasteiger partial charge in [0.2, 0.25) is 0 Å². The van der Waals surface area contributed by atoms with E-state index in [1.54, 1.807) is 30.5 Å². The lowest BCUT2D eigenvalue weighted by molar-refractivity contribution is 0.0847. The van der Waals surface area contributed by atoms with Crippen molar-refractivity contribution < 1.29 is 14.0 Å². The van der Waals surface area contributed by atoms with E-state index < -0.39 is 17.3 Å². The number of nitrogens with zero attached hydrogens (tertiary/aromatic N) is 2. The monoisotopic (exact) mass is 359 g/mol. The van der Waals surface area contributed by atoms with Crippen molar-refractivity contribution in [3.63, 3.8) is 0 Å². The van der Waals surface area contributed by atoms with Crippen LogP contribution >= 0.6 is 11.3 Å². The summed E-state index contributed by atoms with van der Waals surface area (Å²) in [4.78, 5) is 34.1. The largest absolute Gasteiger partial charge is 0.406 e. The molecule has 6 nitrogen and oxygen atoms in total. The van der Waals surface area contributed by atoms with Crippen molar-refractivity contribution in [3.8, 4) is 0 Å². The molecule has 2 aromatic heterocycles. The topological polar surface area (TPSA) is 73.2 Å². The summed E-state index contributed by atoms with van der Waals surface area (Å²) in [5.41, 5.74) is 0.356. The summed E-state index contributed by atoms with van der Waals surface area (Å²) in [5.74, 6) is -1.01. The first-order chi connectivity index (χ1) is 12.0. The van der Waals surface area contributed by atoms with Crippen LogP contribution in [-0.4, -0.2) is 15.6 Å². The van der Waals surface area contributed by atoms with E-state index in [4.69, 9.17) is 4.84 Å². The zero-order chi connectivity index (χ0) is 17.8. The Labute approximate surface area is 146 Å². The molecule has 0 aliphatic carbocycles. The molecular weight excluding hydrogens is 345 g/mol. The van der Waals surface area contributed by atoms with Crippen molar-refractivity contribution in [2.24, 2.45) is 0 Å². The van der Waals surface area contributed by atoms with E-state index >= 15 is 0 Å². The number of nitrogens with one attached hydrogen (secondary N) is 1. The Morgan fingerprint density at radius 3 is 2.84 bits per heavy atom. The highest BCUT2D eigenvalue weighted by atomic mass is 32.1. The molecule has 0 saturated carbocycles. The van der Waals surface area contributed by atoms with Crippen LogP contribution in [0.1, 0.15) is 21.6 Å². The van der Waals surface area contributed by atoms with Gasteiger partial charge in [-0.15, -0.1) is 11.3 Å². The Bertz CT molecular complexity index is 968. The van der Waals surface area contributed by atoms with Gasteiger partial charge in [0.05, 0.1) is 5.69 Å². The number of aromatic nitrogens is 2. The van der Waals surface area contributed by atoms with Crippen molar-refractivity contribution in [1.82, 2.24) is 9.71 Å². The molecule has 0 fully saturated rings. The lowest BCUT2D eigenvalue weighted by Crippen LogP contribution is -2.32. The molecule has 0 aliphatic rings. The molecule has 0 saturated heterocycles. The molecule has 1 N–H and O–H groups in total. The molecule has 0 radical (unpaired) electrons. The summed E-state index contributed by atoms with van der Waals surface area (Å²) in [7, 11) is 0. The number of hydrogen-bond donors (Lipinski definition) is 1. The number of rotatable bonds is 5. The van der Waals surface area contributed by atoms with Gasteiger partial charge in [0.1, 0.15) is 18.0 Å². The summed E-state index contributed by atoms with van der Waals surface area (Å²) < 4.78 is 14.5. The highest BCUT2D eigenvalue weighted by Gasteiger charge is 2.14. The van der Waals surface area contributed by atoms with E-state index in [1.165, 1.54) is 35.7 Å². The number of thiazole rings is 1. The minimum atomic E-state index is -0.635. The van der Waals surface area contributed by atoms with Gasteiger partial charge in [-0.3, -0.25) is 14.9 Å². The van der Waals surface area contributed by atoms with Crippen LogP contribution in [0.3, 0.4) is 0 Å². The number of pyridine rings is 1. The highest BCUT2D eigenvalue weighted by Crippen LogP contribution is 2.15. The molecule has 0 unspecified atom stereocenters. The van der Waals surface area contributed by atoms with Crippen LogP contribution in [0.2, 0.25) is 0 Å². The Morgan fingerprint density at radius 1 is 1.32 bits per heavy atom. The standard InChI is InChI=1S/C17H14FN3O3S/c1-11-10-25-17(19-11)20-15(22)13-6-4-8-21(16(13)23)24-9-12-5-2-3-7-14(12)18/h2-8,10H,9H2,1H3,(H,19,20,22). The number of aryl methyl sites for hydroxylation is 1. The van der Waals surface area contributed by atoms with E-state index in [-0.39, 0.29) is 12.2 Å². The van der Waals surface area contributed by atoms with E-state index in [0.29, 0.717) is 10.7 Å². The van der Waals surface area contributed by atoms with Crippen LogP contribution < -0.4 is 15.7 Å². The third-order valence-electron chi connectivity index (χ3n) is 3.32. The maximum Gasteiger partial charge on any atom is 0.295 e. The molecule has 0 bridgehead atoms. The van der Waals surface area contributed by atoms with Crippen LogP contribution in [0.4, 0.5) is 9.52 Å². The quantitative estimate of drug-likeness (QED) is 0.760. The van der Waals surface area contributed by atoms with Gasteiger partial charge >= 0.3 is 0 Å². The molecule has 8 heteroatoms. The molecule has 0 atom stereocenters. The van der Waals surface area contributed by atoms with Crippen molar-refractivity contribution >= 4 is 22.4 Å². The molecule has 25 heavy (non-hydrogen) atoms. The second-order valence-electron chi connectivity index (χ2n) is 5.17. The average molecular weight is 359 g/mol. The molecule has 128 valence electrons. The number of benzene rings is 1. The molecule has 0 aliphatic heterocycles. The molecule has 3 aromatic rings. The van der Waals surface area contributed by atoms with E-state index in [1.807, 2.05) is 0 Å². The zero-order valence-corrected chi connectivity index (χ0v) is 14.0. The third kappa shape index (κ3) is 3.92. The SMILES string of the molecule is Cc1csc(NC(=O)c2cccn(OCc3ccccc3F)c2=O)n1. The van der Waals surface area contributed by atoms with Gasteiger partial charge in [-0.1, -0.05) is 18.2 Å². The van der Waals surface area contributed by atoms with Crippen molar-refractivity contribution in [2.75, 3.05) is 5.32 Å². The fourth-order valence-corrected chi connectivity index (χ4v) is 2.76. The number of amides is 1. The number of hydrogen-bond acceptors (Lipinski definition) is 5. The first-order valence-corrected chi connectivity index (χ1v) is 8.24. The predicted molar refractivity (Wildman–Crippen MR) is 92.2 cm³/mol. The fourth-order valence-electron chi connectivity index (χ4n) is 2.08. The van der Waals surface area contributed by atoms with E-state index in [0.717, 1.165) is 10.4 Å². The van der Waals surface area contributed by atoms with Crippen LogP contribution in [0.25, 0.3) is 0 Å². The summed E-state index contributed by atoms with van der Waals surface area (Å²) in [6.07, 6.45) is 1.37. The maximum atomic E-state index is 13.6. The van der Waals surface area contributed by atoms with Crippen LogP contribution in [-0.2, 0) is 6.61 Å². The predicted octanol–water partition coefficient (Wildman–Crippen LogP) is 2.63. The minimum Gasteiger partial charge on any atom is -0.406 e. The molecule has 3 rings (SSSR count). The number of carbonyl (C=O) groups is 1. The minimum absolute atomic E-state index is 0.0936. The Morgan fingerprint density at radius 2 is 2.12 bits per heavy atom. The van der Waals surface area contributed by atoms with Crippen LogP contribution in [0.5, 0.6) is 0 Å². The van der Waals surface area contributed by atoms with Gasteiger partial charge in [0.25, 0.3) is 11.5 Å². The normalized spacial score (nSPS) is 10.5. The summed E-state index contributed by atoms with van der Waals surface area (Å²) in [6, 6.07) is 9.00. The second-order valence-corrected chi connectivity index (χ2v) is 6.02. The van der Waals surface area contributed by atoms with Gasteiger partial charge in [0, 0.05) is 17.1 Å². The van der Waals surface area contributed by atoms with E-state index in [2.05, 4.69) is 10.3 Å². The maximum absolute atomic E-state index is 13.6. The first kappa shape index (κ1) is 16.8. The van der Waals surface area contributed by atoms with Gasteiger partial charge in [-0.2, -0.15) is 4.73 Å². The molecule has 1 aromatic carbocycles. The Balaban J connectivity index is 1.76. The smallest absolute Gasteiger partial charge is 0.295 e. The van der Waals surface area contributed by atoms with Gasteiger partial charge < -0.3 is 4.84 Å². The van der Waals surface area contributed by atoms with Crippen molar-refractivity contribution in [3.05, 3.63) is 81.0 Å². The molecule has 0 spiro atoms. The van der Waals surface area contributed by atoms with Gasteiger partial charge in [-0.05, 0) is 25.1 Å². The van der Waals surface area contributed by atoms with Crippen LogP contribution in [0.15, 0.2) is 52.8 Å². The first-order valence-electron chi connectivity index (χ1n) is 7.36. The van der Waals surface area contributed by atoms with Crippen molar-refractivity contribution in [1.29, 1.82) is 0 Å². The second kappa shape index (κ2) is 7.27. The zero-order valence-electron chi connectivity index (χ0n) is 13.2. The third-order valence-corrected chi connectivity index (χ3v) is 4.19. The lowest BCUT2D eigenvalue weighted by atomic mass is 10.2. The Hall–Kier alpha value is -3.00. The average Bonchev–Trinajstić information content (AvgIpc) is 3.00. The summed E-state index contributed by atoms with van der Waals surface area (Å²) in [6.45, 7) is 1.67. The Kier molecular flexibility index (Phi) is 4.90. The highest BCUT2D eigenvalue weighted by molar-refractivity contribution is 7.13. The number of anilines is 1. The fraction of sp³-hybridized carbons (Fsp3) is 0.118. The number of halogens is 1. The summed E-state index contributed by atoms with van der Waals surface area (Å²) in [5, 5.41) is 4.76. The molecule has 2 heterocycles. The number of carbonyl (C=O) groups excluding carboxylic acids is 1. The van der Waals surface area contributed by atoms with Crippen molar-refractivity contribution in [2.45, 2.75) is 13.5 Å². The van der Waals surface area contributed by atoms with Crippen LogP contribution in [0, 0.1) is 12.7 Å². The molecular formula is C17H14FN3O3S. The van der Waals surface area contributed by atoms with Gasteiger partial charge in [-0.25, -0.2) is 9.37 Å². The summed E-state index contributed by atoms with van der Waals surface area (Å²) >= 11 is 1.27. The lowest BCUT2D eigenvalue weighted by Gasteiger charge is -2.10. The molecule has 1 amide bonds. The van der Waals surface area contributed by atoms with Gasteiger partial charge in [0.15, 0.2) is 5.13 Å². The van der Waals surface area contributed by atoms with E-state index in [9.17, 15) is 14.0 Å².